The van der Waals surface area contributed by atoms with Crippen LogP contribution in [0.3, 0.4) is 0 Å². The number of likely N-dealkylation sites (tertiary alicyclic amines) is 1. The van der Waals surface area contributed by atoms with Gasteiger partial charge < -0.3 is 10.2 Å². The molecule has 1 saturated heterocycles. The first-order valence-corrected chi connectivity index (χ1v) is 8.14. The van der Waals surface area contributed by atoms with E-state index in [0.29, 0.717) is 17.9 Å². The molecule has 1 N–H and O–H groups in total. The molecule has 1 heterocycles. The van der Waals surface area contributed by atoms with Crippen LogP contribution >= 0.6 is 0 Å². The van der Waals surface area contributed by atoms with E-state index >= 15 is 0 Å². The molecule has 3 heteroatoms. The quantitative estimate of drug-likeness (QED) is 0.686. The Hall–Kier alpha value is -0.570. The number of unbranched alkanes of at least 4 members (excludes halogenated alkanes) is 1. The first kappa shape index (κ1) is 16.5. The Labute approximate surface area is 119 Å². The van der Waals surface area contributed by atoms with E-state index in [0.717, 1.165) is 38.9 Å². The molecule has 1 aliphatic heterocycles. The normalized spacial score (nSPS) is 22.4. The number of carbonyl (C=O) groups is 1. The molecule has 0 radical (unpaired) electrons. The Morgan fingerprint density at radius 1 is 1.37 bits per heavy atom. The molecule has 0 bridgehead atoms. The van der Waals surface area contributed by atoms with E-state index < -0.39 is 0 Å². The van der Waals surface area contributed by atoms with Gasteiger partial charge in [-0.05, 0) is 51.5 Å². The molecule has 0 aromatic carbocycles. The monoisotopic (exact) mass is 268 g/mol. The van der Waals surface area contributed by atoms with Gasteiger partial charge in [0.1, 0.15) is 0 Å². The van der Waals surface area contributed by atoms with Crippen molar-refractivity contribution in [2.75, 3.05) is 19.6 Å². The average Bonchev–Trinajstić information content (AvgIpc) is 2.56. The van der Waals surface area contributed by atoms with Crippen LogP contribution in [0.25, 0.3) is 0 Å². The van der Waals surface area contributed by atoms with Gasteiger partial charge in [-0.25, -0.2) is 0 Å². The smallest absolute Gasteiger partial charge is 0.222 e. The van der Waals surface area contributed by atoms with E-state index in [-0.39, 0.29) is 0 Å². The maximum Gasteiger partial charge on any atom is 0.222 e. The van der Waals surface area contributed by atoms with E-state index in [1.165, 1.54) is 25.7 Å². The van der Waals surface area contributed by atoms with Gasteiger partial charge in [-0.1, -0.05) is 20.3 Å². The molecule has 2 atom stereocenters. The predicted octanol–water partition coefficient (Wildman–Crippen LogP) is 3.19. The number of amides is 1. The van der Waals surface area contributed by atoms with Gasteiger partial charge in [0, 0.05) is 25.6 Å². The SMILES string of the molecule is CCCNC(C)CCCCN1CCC(C)CCC1=O. The minimum absolute atomic E-state index is 0.376. The topological polar surface area (TPSA) is 32.3 Å². The van der Waals surface area contributed by atoms with Crippen molar-refractivity contribution in [2.45, 2.75) is 71.8 Å². The highest BCUT2D eigenvalue weighted by molar-refractivity contribution is 5.76. The van der Waals surface area contributed by atoms with E-state index in [4.69, 9.17) is 0 Å². The standard InChI is InChI=1S/C16H32N2O/c1-4-11-17-15(3)7-5-6-12-18-13-10-14(2)8-9-16(18)19/h14-15,17H,4-13H2,1-3H3. The minimum Gasteiger partial charge on any atom is -0.343 e. The summed E-state index contributed by atoms with van der Waals surface area (Å²) in [5.41, 5.74) is 0. The second kappa shape index (κ2) is 9.35. The number of rotatable bonds is 8. The van der Waals surface area contributed by atoms with Crippen molar-refractivity contribution in [2.24, 2.45) is 5.92 Å². The summed E-state index contributed by atoms with van der Waals surface area (Å²) in [5.74, 6) is 1.09. The Kier molecular flexibility index (Phi) is 8.11. The summed E-state index contributed by atoms with van der Waals surface area (Å²) in [4.78, 5) is 14.0. The average molecular weight is 268 g/mol. The molecule has 0 spiro atoms. The summed E-state index contributed by atoms with van der Waals surface area (Å²) in [6, 6.07) is 0.611. The van der Waals surface area contributed by atoms with Crippen LogP contribution in [-0.4, -0.2) is 36.5 Å². The van der Waals surface area contributed by atoms with Gasteiger partial charge in [-0.15, -0.1) is 0 Å². The first-order chi connectivity index (χ1) is 9.13. The van der Waals surface area contributed by atoms with Crippen LogP contribution in [0.1, 0.15) is 65.7 Å². The van der Waals surface area contributed by atoms with E-state index in [2.05, 4.69) is 31.0 Å². The number of hydrogen-bond acceptors (Lipinski definition) is 2. The third-order valence-corrected chi connectivity index (χ3v) is 4.15. The summed E-state index contributed by atoms with van der Waals surface area (Å²) in [7, 11) is 0. The van der Waals surface area contributed by atoms with Crippen molar-refractivity contribution in [1.82, 2.24) is 10.2 Å². The van der Waals surface area contributed by atoms with Crippen molar-refractivity contribution >= 4 is 5.91 Å². The Morgan fingerprint density at radius 3 is 2.89 bits per heavy atom. The van der Waals surface area contributed by atoms with Gasteiger partial charge in [-0.3, -0.25) is 4.79 Å². The molecule has 1 fully saturated rings. The Morgan fingerprint density at radius 2 is 2.16 bits per heavy atom. The Balaban J connectivity index is 2.12. The summed E-state index contributed by atoms with van der Waals surface area (Å²) in [6.45, 7) is 9.78. The fourth-order valence-corrected chi connectivity index (χ4v) is 2.66. The molecule has 0 aliphatic carbocycles. The second-order valence-corrected chi connectivity index (χ2v) is 6.16. The number of hydrogen-bond donors (Lipinski definition) is 1. The van der Waals surface area contributed by atoms with Crippen molar-refractivity contribution in [1.29, 1.82) is 0 Å². The van der Waals surface area contributed by atoms with Crippen LogP contribution in [0, 0.1) is 5.92 Å². The summed E-state index contributed by atoms with van der Waals surface area (Å²) in [5, 5.41) is 3.51. The van der Waals surface area contributed by atoms with E-state index in [1.54, 1.807) is 0 Å². The maximum atomic E-state index is 11.9. The first-order valence-electron chi connectivity index (χ1n) is 8.14. The number of nitrogens with zero attached hydrogens (tertiary/aromatic N) is 1. The summed E-state index contributed by atoms with van der Waals surface area (Å²) in [6.07, 6.45) is 7.81. The zero-order chi connectivity index (χ0) is 14.1. The van der Waals surface area contributed by atoms with Crippen LogP contribution in [-0.2, 0) is 4.79 Å². The van der Waals surface area contributed by atoms with Gasteiger partial charge in [0.05, 0.1) is 0 Å². The van der Waals surface area contributed by atoms with Crippen molar-refractivity contribution in [3.8, 4) is 0 Å². The lowest BCUT2D eigenvalue weighted by Gasteiger charge is -2.21. The van der Waals surface area contributed by atoms with Crippen molar-refractivity contribution < 1.29 is 4.79 Å². The molecular formula is C16H32N2O. The molecule has 0 aromatic rings. The van der Waals surface area contributed by atoms with E-state index in [1.807, 2.05) is 0 Å². The minimum atomic E-state index is 0.376. The second-order valence-electron chi connectivity index (χ2n) is 6.16. The fraction of sp³-hybridized carbons (Fsp3) is 0.938. The third-order valence-electron chi connectivity index (χ3n) is 4.15. The highest BCUT2D eigenvalue weighted by Gasteiger charge is 2.19. The van der Waals surface area contributed by atoms with Crippen molar-refractivity contribution in [3.63, 3.8) is 0 Å². The summed E-state index contributed by atoms with van der Waals surface area (Å²) < 4.78 is 0. The molecular weight excluding hydrogens is 236 g/mol. The lowest BCUT2D eigenvalue weighted by atomic mass is 10.0. The lowest BCUT2D eigenvalue weighted by molar-refractivity contribution is -0.130. The zero-order valence-electron chi connectivity index (χ0n) is 13.1. The zero-order valence-corrected chi connectivity index (χ0v) is 13.1. The van der Waals surface area contributed by atoms with Crippen LogP contribution < -0.4 is 5.32 Å². The van der Waals surface area contributed by atoms with Crippen LogP contribution in [0.4, 0.5) is 0 Å². The highest BCUT2D eigenvalue weighted by Crippen LogP contribution is 2.18. The van der Waals surface area contributed by atoms with Crippen LogP contribution in [0.2, 0.25) is 0 Å². The fourth-order valence-electron chi connectivity index (χ4n) is 2.66. The molecule has 0 saturated carbocycles. The molecule has 1 amide bonds. The van der Waals surface area contributed by atoms with Gasteiger partial charge >= 0.3 is 0 Å². The van der Waals surface area contributed by atoms with E-state index in [9.17, 15) is 4.79 Å². The number of nitrogens with one attached hydrogen (secondary N) is 1. The van der Waals surface area contributed by atoms with Gasteiger partial charge in [0.15, 0.2) is 0 Å². The molecule has 3 nitrogen and oxygen atoms in total. The molecule has 0 aromatic heterocycles. The number of carbonyl (C=O) groups excluding carboxylic acids is 1. The molecule has 1 aliphatic rings. The third kappa shape index (κ3) is 6.95. The Bertz CT molecular complexity index is 255. The van der Waals surface area contributed by atoms with Crippen molar-refractivity contribution in [3.05, 3.63) is 0 Å². The predicted molar refractivity (Wildman–Crippen MR) is 81.2 cm³/mol. The van der Waals surface area contributed by atoms with Gasteiger partial charge in [0.2, 0.25) is 5.91 Å². The maximum absolute atomic E-state index is 11.9. The van der Waals surface area contributed by atoms with Crippen LogP contribution in [0.15, 0.2) is 0 Å². The lowest BCUT2D eigenvalue weighted by Crippen LogP contribution is -2.31. The molecule has 1 rings (SSSR count). The largest absolute Gasteiger partial charge is 0.343 e. The highest BCUT2D eigenvalue weighted by atomic mass is 16.2. The summed E-state index contributed by atoms with van der Waals surface area (Å²) >= 11 is 0. The molecule has 2 unspecified atom stereocenters. The van der Waals surface area contributed by atoms with Gasteiger partial charge in [-0.2, -0.15) is 0 Å². The molecule has 112 valence electrons. The van der Waals surface area contributed by atoms with Gasteiger partial charge in [0.25, 0.3) is 0 Å². The van der Waals surface area contributed by atoms with Crippen LogP contribution in [0.5, 0.6) is 0 Å². The molecule has 19 heavy (non-hydrogen) atoms.